The Morgan fingerprint density at radius 1 is 1.12 bits per heavy atom. The highest BCUT2D eigenvalue weighted by atomic mass is 35.5. The van der Waals surface area contributed by atoms with Crippen molar-refractivity contribution in [3.8, 4) is 0 Å². The maximum absolute atomic E-state index is 14.7. The number of fused-ring (bicyclic) bond motifs is 3. The number of hydrogen-bond acceptors (Lipinski definition) is 6. The Morgan fingerprint density at radius 2 is 1.76 bits per heavy atom. The number of amides is 2. The summed E-state index contributed by atoms with van der Waals surface area (Å²) in [6, 6.07) is 2.75. The maximum Gasteiger partial charge on any atom is 0.321 e. The Hall–Kier alpha value is -2.63. The van der Waals surface area contributed by atoms with E-state index >= 15 is 0 Å². The van der Waals surface area contributed by atoms with Gasteiger partial charge in [0.25, 0.3) is 6.43 Å². The highest BCUT2D eigenvalue weighted by molar-refractivity contribution is 6.28. The number of halogens is 4. The molecule has 8 nitrogen and oxygen atoms in total. The molecule has 34 heavy (non-hydrogen) atoms. The lowest BCUT2D eigenvalue weighted by Crippen LogP contribution is -2.63. The van der Waals surface area contributed by atoms with E-state index in [-0.39, 0.29) is 42.1 Å². The second-order valence-electron chi connectivity index (χ2n) is 8.61. The normalized spacial score (nSPS) is 22.6. The van der Waals surface area contributed by atoms with E-state index in [1.54, 1.807) is 11.8 Å². The molecule has 0 aliphatic carbocycles. The fourth-order valence-corrected chi connectivity index (χ4v) is 4.89. The van der Waals surface area contributed by atoms with Gasteiger partial charge in [0.15, 0.2) is 0 Å². The number of ether oxygens (including phenoxy) is 2. The van der Waals surface area contributed by atoms with Gasteiger partial charge in [0.2, 0.25) is 5.28 Å². The van der Waals surface area contributed by atoms with Crippen molar-refractivity contribution in [3.05, 3.63) is 51.7 Å². The molecule has 0 radical (unpaired) electrons. The van der Waals surface area contributed by atoms with Crippen LogP contribution in [0.4, 0.5) is 23.8 Å². The Morgan fingerprint density at radius 3 is 2.41 bits per heavy atom. The van der Waals surface area contributed by atoms with Crippen molar-refractivity contribution < 1.29 is 27.4 Å². The molecule has 4 heterocycles. The van der Waals surface area contributed by atoms with Crippen LogP contribution < -0.4 is 5.32 Å². The lowest BCUT2D eigenvalue weighted by atomic mass is 10.0. The van der Waals surface area contributed by atoms with E-state index in [1.807, 2.05) is 4.90 Å². The summed E-state index contributed by atoms with van der Waals surface area (Å²) in [5.41, 5.74) is 0.659. The van der Waals surface area contributed by atoms with E-state index in [9.17, 15) is 18.0 Å². The molecule has 3 aliphatic rings. The molecular weight excluding hydrogens is 475 g/mol. The van der Waals surface area contributed by atoms with E-state index in [1.165, 1.54) is 12.1 Å². The zero-order chi connectivity index (χ0) is 24.0. The third-order valence-corrected chi connectivity index (χ3v) is 6.56. The Labute approximate surface area is 199 Å². The van der Waals surface area contributed by atoms with Gasteiger partial charge in [0.05, 0.1) is 68.9 Å². The summed E-state index contributed by atoms with van der Waals surface area (Å²) in [7, 11) is 0. The lowest BCUT2D eigenvalue weighted by molar-refractivity contribution is -0.121. The monoisotopic (exact) mass is 497 g/mol. The van der Waals surface area contributed by atoms with Crippen molar-refractivity contribution in [1.82, 2.24) is 19.8 Å². The fourth-order valence-electron chi connectivity index (χ4n) is 4.71. The highest BCUT2D eigenvalue weighted by Gasteiger charge is 2.42. The lowest BCUT2D eigenvalue weighted by Gasteiger charge is -2.46. The summed E-state index contributed by atoms with van der Waals surface area (Å²) >= 11 is 6.13. The van der Waals surface area contributed by atoms with Gasteiger partial charge in [-0.25, -0.2) is 27.9 Å². The third-order valence-electron chi connectivity index (χ3n) is 6.39. The quantitative estimate of drug-likeness (QED) is 0.645. The van der Waals surface area contributed by atoms with Crippen LogP contribution in [0.1, 0.15) is 41.8 Å². The van der Waals surface area contributed by atoms with E-state index < -0.39 is 23.8 Å². The molecule has 0 spiro atoms. The number of carbonyl (C=O) groups excluding carboxylic acids is 1. The van der Waals surface area contributed by atoms with Gasteiger partial charge in [-0.15, -0.1) is 0 Å². The molecule has 2 aromatic rings. The molecule has 5 rings (SSSR count). The van der Waals surface area contributed by atoms with Gasteiger partial charge in [0, 0.05) is 11.1 Å². The van der Waals surface area contributed by atoms with Gasteiger partial charge in [0.1, 0.15) is 11.6 Å². The number of urea groups is 1. The van der Waals surface area contributed by atoms with E-state index in [4.69, 9.17) is 21.1 Å². The Kier molecular flexibility index (Phi) is 6.26. The summed E-state index contributed by atoms with van der Waals surface area (Å²) in [4.78, 5) is 25.4. The molecular formula is C22H23ClF3N5O3. The number of benzene rings is 1. The van der Waals surface area contributed by atoms with Crippen LogP contribution >= 0.6 is 11.6 Å². The van der Waals surface area contributed by atoms with Gasteiger partial charge in [-0.05, 0) is 18.5 Å². The van der Waals surface area contributed by atoms with Crippen molar-refractivity contribution in [2.75, 3.05) is 31.7 Å². The number of nitrogens with zero attached hydrogens (tertiary/aromatic N) is 4. The first-order valence-corrected chi connectivity index (χ1v) is 11.3. The van der Waals surface area contributed by atoms with E-state index in [0.717, 1.165) is 6.07 Å². The molecule has 2 fully saturated rings. The zero-order valence-corrected chi connectivity index (χ0v) is 19.1. The second-order valence-corrected chi connectivity index (χ2v) is 8.95. The maximum atomic E-state index is 14.7. The fraction of sp³-hybridized carbons (Fsp3) is 0.500. The van der Waals surface area contributed by atoms with Gasteiger partial charge in [-0.2, -0.15) is 0 Å². The van der Waals surface area contributed by atoms with Gasteiger partial charge in [-0.3, -0.25) is 0 Å². The number of morpholine rings is 2. The van der Waals surface area contributed by atoms with Gasteiger partial charge >= 0.3 is 6.03 Å². The predicted molar refractivity (Wildman–Crippen MR) is 116 cm³/mol. The van der Waals surface area contributed by atoms with Crippen molar-refractivity contribution >= 4 is 23.4 Å². The molecule has 2 amide bonds. The van der Waals surface area contributed by atoms with Crippen molar-refractivity contribution in [2.24, 2.45) is 0 Å². The smallest absolute Gasteiger partial charge is 0.321 e. The molecule has 1 aromatic carbocycles. The standard InChI is InChI=1S/C22H23ClF3N5O3/c1-11(14-3-2-4-15(18(14)24)19(25)26)27-20-16-5-30(6-17(16)28-21(23)29-20)22(32)31-12-7-33-9-13(31)10-34-8-12/h2-4,11-13,19H,5-10H2,1H3,(H,27,28,29)/t11-,12?,13?/m1/s1. The summed E-state index contributed by atoms with van der Waals surface area (Å²) < 4.78 is 52.1. The molecule has 2 saturated heterocycles. The number of alkyl halides is 2. The first kappa shape index (κ1) is 23.1. The van der Waals surface area contributed by atoms with E-state index in [0.29, 0.717) is 43.5 Å². The number of aromatic nitrogens is 2. The van der Waals surface area contributed by atoms with Crippen LogP contribution in [-0.4, -0.2) is 64.3 Å². The van der Waals surface area contributed by atoms with Crippen LogP contribution in [0.5, 0.6) is 0 Å². The number of carbonyl (C=O) groups is 1. The van der Waals surface area contributed by atoms with Crippen LogP contribution in [0.2, 0.25) is 5.28 Å². The van der Waals surface area contributed by atoms with Crippen LogP contribution in [-0.2, 0) is 22.6 Å². The molecule has 0 unspecified atom stereocenters. The molecule has 1 atom stereocenters. The minimum atomic E-state index is -2.92. The molecule has 12 heteroatoms. The number of hydrogen-bond donors (Lipinski definition) is 1. The SMILES string of the molecule is C[C@@H](Nc1nc(Cl)nc2c1CN(C(=O)N1C3COCC1COC3)C2)c1cccc(C(F)F)c1F. The first-order chi connectivity index (χ1) is 16.3. The third kappa shape index (κ3) is 4.16. The second kappa shape index (κ2) is 9.20. The molecule has 1 N–H and O–H groups in total. The minimum absolute atomic E-state index is 0.0267. The van der Waals surface area contributed by atoms with Gasteiger partial charge in [-0.1, -0.05) is 18.2 Å². The summed E-state index contributed by atoms with van der Waals surface area (Å²) in [6.45, 7) is 3.79. The number of rotatable bonds is 4. The molecule has 0 saturated carbocycles. The van der Waals surface area contributed by atoms with Crippen molar-refractivity contribution in [1.29, 1.82) is 0 Å². The number of nitrogens with one attached hydrogen (secondary N) is 1. The minimum Gasteiger partial charge on any atom is -0.377 e. The first-order valence-electron chi connectivity index (χ1n) is 10.9. The zero-order valence-electron chi connectivity index (χ0n) is 18.3. The van der Waals surface area contributed by atoms with Crippen LogP contribution in [0.3, 0.4) is 0 Å². The van der Waals surface area contributed by atoms with Crippen molar-refractivity contribution in [3.63, 3.8) is 0 Å². The average Bonchev–Trinajstić information content (AvgIpc) is 3.22. The molecule has 182 valence electrons. The summed E-state index contributed by atoms with van der Waals surface area (Å²) in [5.74, 6) is -0.627. The summed E-state index contributed by atoms with van der Waals surface area (Å²) in [6.07, 6.45) is -2.92. The number of anilines is 1. The Bertz CT molecular complexity index is 1090. The Balaban J connectivity index is 1.37. The van der Waals surface area contributed by atoms with Crippen LogP contribution in [0, 0.1) is 5.82 Å². The van der Waals surface area contributed by atoms with Gasteiger partial charge < -0.3 is 24.6 Å². The highest BCUT2D eigenvalue weighted by Crippen LogP contribution is 2.34. The largest absolute Gasteiger partial charge is 0.377 e. The molecule has 2 bridgehead atoms. The van der Waals surface area contributed by atoms with Crippen LogP contribution in [0.15, 0.2) is 18.2 Å². The molecule has 3 aliphatic heterocycles. The average molecular weight is 498 g/mol. The predicted octanol–water partition coefficient (Wildman–Crippen LogP) is 3.92. The topological polar surface area (TPSA) is 79.8 Å². The summed E-state index contributed by atoms with van der Waals surface area (Å²) in [5, 5.41) is 3.05. The van der Waals surface area contributed by atoms with E-state index in [2.05, 4.69) is 15.3 Å². The van der Waals surface area contributed by atoms with Crippen LogP contribution in [0.25, 0.3) is 0 Å². The van der Waals surface area contributed by atoms with Crippen molar-refractivity contribution in [2.45, 2.75) is 44.6 Å². The molecule has 1 aromatic heterocycles.